The molecule has 2 aromatic rings. The molecule has 0 fully saturated rings. The van der Waals surface area contributed by atoms with Gasteiger partial charge in [0.25, 0.3) is 5.91 Å². The molecule has 0 spiro atoms. The lowest BCUT2D eigenvalue weighted by atomic mass is 10.1. The van der Waals surface area contributed by atoms with Gasteiger partial charge in [0, 0.05) is 20.6 Å². The first kappa shape index (κ1) is 15.8. The average molecular weight is 300 g/mol. The van der Waals surface area contributed by atoms with Crippen LogP contribution in [0.3, 0.4) is 0 Å². The highest BCUT2D eigenvalue weighted by Gasteiger charge is 2.09. The van der Waals surface area contributed by atoms with Gasteiger partial charge in [0.05, 0.1) is 7.11 Å². The van der Waals surface area contributed by atoms with Gasteiger partial charge in [0.2, 0.25) is 0 Å². The van der Waals surface area contributed by atoms with Crippen molar-refractivity contribution < 1.29 is 9.53 Å². The molecule has 1 aromatic carbocycles. The number of amides is 1. The van der Waals surface area contributed by atoms with E-state index in [-0.39, 0.29) is 5.91 Å². The molecule has 0 radical (unpaired) electrons. The van der Waals surface area contributed by atoms with E-state index in [1.807, 2.05) is 36.2 Å². The van der Waals surface area contributed by atoms with Crippen molar-refractivity contribution in [3.8, 4) is 5.75 Å². The largest absolute Gasteiger partial charge is 0.496 e. The second kappa shape index (κ2) is 7.40. The quantitative estimate of drug-likeness (QED) is 0.876. The number of nitrogens with one attached hydrogen (secondary N) is 1. The van der Waals surface area contributed by atoms with Crippen LogP contribution in [0.15, 0.2) is 36.4 Å². The van der Waals surface area contributed by atoms with Crippen LogP contribution < -0.4 is 15.0 Å². The van der Waals surface area contributed by atoms with Crippen LogP contribution in [-0.2, 0) is 6.42 Å². The molecule has 0 saturated carbocycles. The van der Waals surface area contributed by atoms with Crippen LogP contribution in [-0.4, -0.2) is 43.9 Å². The summed E-state index contributed by atoms with van der Waals surface area (Å²) in [6.45, 7) is 0.772. The summed E-state index contributed by atoms with van der Waals surface area (Å²) < 4.78 is 5.35. The van der Waals surface area contributed by atoms with E-state index in [1.165, 1.54) is 0 Å². The minimum absolute atomic E-state index is 0.240. The summed E-state index contributed by atoms with van der Waals surface area (Å²) in [7, 11) is 5.18. The van der Waals surface area contributed by atoms with E-state index in [2.05, 4.69) is 15.5 Å². The molecule has 6 nitrogen and oxygen atoms in total. The number of rotatable bonds is 6. The minimum Gasteiger partial charge on any atom is -0.496 e. The number of methoxy groups -OCH3 is 1. The predicted octanol–water partition coefficient (Wildman–Crippen LogP) is 1.52. The summed E-state index contributed by atoms with van der Waals surface area (Å²) >= 11 is 0. The Hall–Kier alpha value is -2.63. The smallest absolute Gasteiger partial charge is 0.271 e. The summed E-state index contributed by atoms with van der Waals surface area (Å²) in [4.78, 5) is 13.4. The molecule has 116 valence electrons. The molecule has 0 aliphatic rings. The molecule has 0 unspecified atom stereocenters. The Morgan fingerprint density at radius 2 is 2.00 bits per heavy atom. The highest BCUT2D eigenvalue weighted by atomic mass is 16.5. The third-order valence-corrected chi connectivity index (χ3v) is 3.41. The van der Waals surface area contributed by atoms with Crippen LogP contribution in [0.4, 0.5) is 5.82 Å². The Labute approximate surface area is 130 Å². The number of likely N-dealkylation sites (N-methyl/N-ethyl adjacent to an activating group) is 1. The summed E-state index contributed by atoms with van der Waals surface area (Å²) in [5, 5.41) is 10.5. The second-order valence-electron chi connectivity index (χ2n) is 4.84. The first-order valence-corrected chi connectivity index (χ1v) is 7.04. The van der Waals surface area contributed by atoms with Gasteiger partial charge < -0.3 is 15.0 Å². The number of hydrogen-bond donors (Lipinski definition) is 1. The Morgan fingerprint density at radius 3 is 2.64 bits per heavy atom. The number of hydrogen-bond acceptors (Lipinski definition) is 5. The maximum Gasteiger partial charge on any atom is 0.271 e. The molecule has 1 heterocycles. The maximum absolute atomic E-state index is 11.4. The molecule has 22 heavy (non-hydrogen) atoms. The standard InChI is InChI=1S/C16H20N4O2/c1-17-16(21)13-8-9-15(19-18-13)20(2)11-10-12-6-4-5-7-14(12)22-3/h4-9H,10-11H2,1-3H3,(H,17,21). The fourth-order valence-corrected chi connectivity index (χ4v) is 2.09. The lowest BCUT2D eigenvalue weighted by molar-refractivity contribution is 0.0957. The zero-order valence-electron chi connectivity index (χ0n) is 13.0. The van der Waals surface area contributed by atoms with E-state index in [0.717, 1.165) is 30.1 Å². The molecular weight excluding hydrogens is 280 g/mol. The van der Waals surface area contributed by atoms with E-state index in [1.54, 1.807) is 26.3 Å². The third kappa shape index (κ3) is 3.72. The highest BCUT2D eigenvalue weighted by molar-refractivity contribution is 5.91. The van der Waals surface area contributed by atoms with Crippen molar-refractivity contribution in [3.63, 3.8) is 0 Å². The average Bonchev–Trinajstić information content (AvgIpc) is 2.59. The van der Waals surface area contributed by atoms with Crippen LogP contribution in [0.2, 0.25) is 0 Å². The fraction of sp³-hybridized carbons (Fsp3) is 0.312. The normalized spacial score (nSPS) is 10.1. The second-order valence-corrected chi connectivity index (χ2v) is 4.84. The van der Waals surface area contributed by atoms with Crippen molar-refractivity contribution in [3.05, 3.63) is 47.7 Å². The Kier molecular flexibility index (Phi) is 5.30. The first-order chi connectivity index (χ1) is 10.7. The summed E-state index contributed by atoms with van der Waals surface area (Å²) in [6, 6.07) is 11.4. The van der Waals surface area contributed by atoms with Gasteiger partial charge in [0.15, 0.2) is 11.5 Å². The predicted molar refractivity (Wildman–Crippen MR) is 85.4 cm³/mol. The van der Waals surface area contributed by atoms with Gasteiger partial charge in [-0.05, 0) is 30.2 Å². The number of carbonyl (C=O) groups is 1. The SMILES string of the molecule is CNC(=O)c1ccc(N(C)CCc2ccccc2OC)nn1. The van der Waals surface area contributed by atoms with Crippen LogP contribution in [0.1, 0.15) is 16.1 Å². The molecule has 1 amide bonds. The molecule has 0 aliphatic carbocycles. The Morgan fingerprint density at radius 1 is 1.23 bits per heavy atom. The maximum atomic E-state index is 11.4. The molecule has 0 atom stereocenters. The topological polar surface area (TPSA) is 67.4 Å². The van der Waals surface area contributed by atoms with Crippen molar-refractivity contribution in [2.75, 3.05) is 32.6 Å². The monoisotopic (exact) mass is 300 g/mol. The van der Waals surface area contributed by atoms with Gasteiger partial charge >= 0.3 is 0 Å². The summed E-state index contributed by atoms with van der Waals surface area (Å²) in [5.74, 6) is 1.37. The zero-order chi connectivity index (χ0) is 15.9. The van der Waals surface area contributed by atoms with Crippen molar-refractivity contribution in [1.82, 2.24) is 15.5 Å². The van der Waals surface area contributed by atoms with Gasteiger partial charge in [-0.15, -0.1) is 10.2 Å². The molecule has 1 aromatic heterocycles. The van der Waals surface area contributed by atoms with E-state index in [9.17, 15) is 4.79 Å². The molecule has 6 heteroatoms. The van der Waals surface area contributed by atoms with Gasteiger partial charge in [-0.3, -0.25) is 4.79 Å². The molecule has 1 N–H and O–H groups in total. The fourth-order valence-electron chi connectivity index (χ4n) is 2.09. The van der Waals surface area contributed by atoms with E-state index >= 15 is 0 Å². The lowest BCUT2D eigenvalue weighted by Crippen LogP contribution is -2.24. The molecule has 2 rings (SSSR count). The number of nitrogens with zero attached hydrogens (tertiary/aromatic N) is 3. The number of benzene rings is 1. The van der Waals surface area contributed by atoms with Crippen LogP contribution in [0, 0.1) is 0 Å². The number of anilines is 1. The molecular formula is C16H20N4O2. The van der Waals surface area contributed by atoms with E-state index < -0.39 is 0 Å². The number of aromatic nitrogens is 2. The lowest BCUT2D eigenvalue weighted by Gasteiger charge is -2.18. The van der Waals surface area contributed by atoms with Gasteiger partial charge in [-0.2, -0.15) is 0 Å². The van der Waals surface area contributed by atoms with Crippen molar-refractivity contribution in [2.45, 2.75) is 6.42 Å². The number of para-hydroxylation sites is 1. The minimum atomic E-state index is -0.240. The first-order valence-electron chi connectivity index (χ1n) is 7.04. The number of carbonyl (C=O) groups excluding carboxylic acids is 1. The van der Waals surface area contributed by atoms with Crippen LogP contribution >= 0.6 is 0 Å². The van der Waals surface area contributed by atoms with Crippen molar-refractivity contribution in [2.24, 2.45) is 0 Å². The van der Waals surface area contributed by atoms with Crippen LogP contribution in [0.5, 0.6) is 5.75 Å². The van der Waals surface area contributed by atoms with E-state index in [4.69, 9.17) is 4.74 Å². The molecule has 0 aliphatic heterocycles. The van der Waals surface area contributed by atoms with Crippen LogP contribution in [0.25, 0.3) is 0 Å². The van der Waals surface area contributed by atoms with Crippen molar-refractivity contribution >= 4 is 11.7 Å². The van der Waals surface area contributed by atoms with Crippen molar-refractivity contribution in [1.29, 1.82) is 0 Å². The summed E-state index contributed by atoms with van der Waals surface area (Å²) in [6.07, 6.45) is 0.833. The van der Waals surface area contributed by atoms with E-state index in [0.29, 0.717) is 5.69 Å². The third-order valence-electron chi connectivity index (χ3n) is 3.41. The van der Waals surface area contributed by atoms with Gasteiger partial charge in [-0.1, -0.05) is 18.2 Å². The van der Waals surface area contributed by atoms with Gasteiger partial charge in [-0.25, -0.2) is 0 Å². The summed E-state index contributed by atoms with van der Waals surface area (Å²) in [5.41, 5.74) is 1.45. The molecule has 0 saturated heterocycles. The highest BCUT2D eigenvalue weighted by Crippen LogP contribution is 2.18. The molecule has 0 bridgehead atoms. The van der Waals surface area contributed by atoms with Gasteiger partial charge in [0.1, 0.15) is 5.75 Å². The number of ether oxygens (including phenoxy) is 1. The zero-order valence-corrected chi connectivity index (χ0v) is 13.0. The Balaban J connectivity index is 2.00. The Bertz CT molecular complexity index is 628.